The summed E-state index contributed by atoms with van der Waals surface area (Å²) in [5, 5.41) is 4.42. The van der Waals surface area contributed by atoms with Crippen LogP contribution in [0.4, 0.5) is 0 Å². The molecule has 0 saturated heterocycles. The van der Waals surface area contributed by atoms with Crippen molar-refractivity contribution in [3.05, 3.63) is 34.9 Å². The lowest BCUT2D eigenvalue weighted by Crippen LogP contribution is -2.26. The van der Waals surface area contributed by atoms with E-state index >= 15 is 0 Å². The molecule has 0 heterocycles. The van der Waals surface area contributed by atoms with Gasteiger partial charge in [-0.2, -0.15) is 0 Å². The zero-order chi connectivity index (χ0) is 14.2. The molecule has 20 heavy (non-hydrogen) atoms. The Kier molecular flexibility index (Phi) is 6.89. The maximum Gasteiger partial charge on any atom is 0.0406 e. The van der Waals surface area contributed by atoms with Crippen molar-refractivity contribution >= 4 is 11.6 Å². The lowest BCUT2D eigenvalue weighted by atomic mass is 9.80. The molecule has 0 radical (unpaired) electrons. The van der Waals surface area contributed by atoms with E-state index in [1.54, 1.807) is 0 Å². The first-order valence-electron chi connectivity index (χ1n) is 8.23. The minimum atomic E-state index is 0.819. The Balaban J connectivity index is 1.60. The summed E-state index contributed by atoms with van der Waals surface area (Å²) in [4.78, 5) is 0. The van der Waals surface area contributed by atoms with Crippen molar-refractivity contribution in [1.29, 1.82) is 0 Å². The van der Waals surface area contributed by atoms with Gasteiger partial charge in [-0.05, 0) is 48.9 Å². The number of hydrogen-bond donors (Lipinski definition) is 1. The predicted octanol–water partition coefficient (Wildman–Crippen LogP) is 5.43. The van der Waals surface area contributed by atoms with Crippen molar-refractivity contribution in [3.8, 4) is 0 Å². The van der Waals surface area contributed by atoms with Gasteiger partial charge in [-0.1, -0.05) is 62.8 Å². The number of halogens is 1. The van der Waals surface area contributed by atoms with Crippen LogP contribution in [0.15, 0.2) is 24.3 Å². The van der Waals surface area contributed by atoms with E-state index in [0.29, 0.717) is 0 Å². The normalized spacial score (nSPS) is 22.9. The monoisotopic (exact) mass is 293 g/mol. The average molecular weight is 294 g/mol. The number of benzene rings is 1. The summed E-state index contributed by atoms with van der Waals surface area (Å²) in [5.41, 5.74) is 1.33. The Morgan fingerprint density at radius 1 is 1.05 bits per heavy atom. The van der Waals surface area contributed by atoms with E-state index in [0.717, 1.165) is 23.4 Å². The molecule has 1 aliphatic rings. The first-order valence-corrected chi connectivity index (χ1v) is 8.61. The summed E-state index contributed by atoms with van der Waals surface area (Å²) in [7, 11) is 0. The van der Waals surface area contributed by atoms with Gasteiger partial charge in [-0.3, -0.25) is 0 Å². The van der Waals surface area contributed by atoms with Crippen LogP contribution in [-0.4, -0.2) is 6.54 Å². The van der Waals surface area contributed by atoms with Gasteiger partial charge in [0.2, 0.25) is 0 Å². The minimum absolute atomic E-state index is 0.819. The van der Waals surface area contributed by atoms with Crippen LogP contribution in [0.1, 0.15) is 57.4 Å². The molecule has 0 atom stereocenters. The molecule has 1 nitrogen and oxygen atoms in total. The van der Waals surface area contributed by atoms with E-state index in [1.165, 1.54) is 57.1 Å². The first-order chi connectivity index (χ1) is 9.78. The Labute approximate surface area is 129 Å². The summed E-state index contributed by atoms with van der Waals surface area (Å²) in [5.74, 6) is 1.91. The largest absolute Gasteiger partial charge is 0.312 e. The van der Waals surface area contributed by atoms with Crippen LogP contribution in [-0.2, 0) is 6.54 Å². The minimum Gasteiger partial charge on any atom is -0.312 e. The number of rotatable bonds is 7. The third kappa shape index (κ3) is 5.46. The van der Waals surface area contributed by atoms with Gasteiger partial charge in [0.25, 0.3) is 0 Å². The maximum atomic E-state index is 5.90. The van der Waals surface area contributed by atoms with Crippen LogP contribution in [0.2, 0.25) is 5.02 Å². The van der Waals surface area contributed by atoms with E-state index in [1.807, 2.05) is 12.1 Å². The molecule has 112 valence electrons. The smallest absolute Gasteiger partial charge is 0.0406 e. The van der Waals surface area contributed by atoms with Crippen LogP contribution in [0.3, 0.4) is 0 Å². The summed E-state index contributed by atoms with van der Waals surface area (Å²) >= 11 is 5.90. The molecular weight excluding hydrogens is 266 g/mol. The lowest BCUT2D eigenvalue weighted by molar-refractivity contribution is 0.253. The Hall–Kier alpha value is -0.530. The SMILES string of the molecule is CCCCC1CCC(CNCc2ccc(Cl)cc2)CC1. The van der Waals surface area contributed by atoms with Gasteiger partial charge in [0.05, 0.1) is 0 Å². The molecule has 1 saturated carbocycles. The zero-order valence-electron chi connectivity index (χ0n) is 12.7. The summed E-state index contributed by atoms with van der Waals surface area (Å²) in [6.07, 6.45) is 9.97. The van der Waals surface area contributed by atoms with Crippen LogP contribution < -0.4 is 5.32 Å². The molecule has 0 unspecified atom stereocenters. The lowest BCUT2D eigenvalue weighted by Gasteiger charge is -2.28. The fourth-order valence-electron chi connectivity index (χ4n) is 3.24. The zero-order valence-corrected chi connectivity index (χ0v) is 13.5. The molecule has 0 aromatic heterocycles. The van der Waals surface area contributed by atoms with Crippen molar-refractivity contribution in [1.82, 2.24) is 5.32 Å². The van der Waals surface area contributed by atoms with E-state index < -0.39 is 0 Å². The molecule has 0 aliphatic heterocycles. The van der Waals surface area contributed by atoms with E-state index in [-0.39, 0.29) is 0 Å². The summed E-state index contributed by atoms with van der Waals surface area (Å²) in [6, 6.07) is 8.16. The third-order valence-electron chi connectivity index (χ3n) is 4.61. The van der Waals surface area contributed by atoms with Crippen molar-refractivity contribution in [2.24, 2.45) is 11.8 Å². The van der Waals surface area contributed by atoms with Gasteiger partial charge >= 0.3 is 0 Å². The highest BCUT2D eigenvalue weighted by molar-refractivity contribution is 6.30. The molecule has 0 amide bonds. The standard InChI is InChI=1S/C18H28ClN/c1-2-3-4-15-5-7-16(8-6-15)13-20-14-17-9-11-18(19)12-10-17/h9-12,15-16,20H,2-8,13-14H2,1H3. The Bertz CT molecular complexity index is 366. The summed E-state index contributed by atoms with van der Waals surface area (Å²) in [6.45, 7) is 4.43. The highest BCUT2D eigenvalue weighted by Crippen LogP contribution is 2.31. The van der Waals surface area contributed by atoms with E-state index in [2.05, 4.69) is 24.4 Å². The van der Waals surface area contributed by atoms with Gasteiger partial charge in [0.15, 0.2) is 0 Å². The van der Waals surface area contributed by atoms with Gasteiger partial charge in [0, 0.05) is 11.6 Å². The average Bonchev–Trinajstić information content (AvgIpc) is 2.48. The highest BCUT2D eigenvalue weighted by Gasteiger charge is 2.20. The molecule has 1 aromatic carbocycles. The molecule has 1 aliphatic carbocycles. The maximum absolute atomic E-state index is 5.90. The predicted molar refractivity (Wildman–Crippen MR) is 88.1 cm³/mol. The number of hydrogen-bond acceptors (Lipinski definition) is 1. The van der Waals surface area contributed by atoms with Gasteiger partial charge < -0.3 is 5.32 Å². The second-order valence-corrected chi connectivity index (χ2v) is 6.72. The molecule has 1 fully saturated rings. The quantitative estimate of drug-likeness (QED) is 0.707. The van der Waals surface area contributed by atoms with Gasteiger partial charge in [-0.15, -0.1) is 0 Å². The molecular formula is C18H28ClN. The fraction of sp³-hybridized carbons (Fsp3) is 0.667. The van der Waals surface area contributed by atoms with Gasteiger partial charge in [0.1, 0.15) is 0 Å². The first kappa shape index (κ1) is 15.9. The van der Waals surface area contributed by atoms with Crippen molar-refractivity contribution in [2.45, 2.75) is 58.4 Å². The van der Waals surface area contributed by atoms with Crippen molar-refractivity contribution in [3.63, 3.8) is 0 Å². The Morgan fingerprint density at radius 2 is 1.70 bits per heavy atom. The highest BCUT2D eigenvalue weighted by atomic mass is 35.5. The molecule has 1 N–H and O–H groups in total. The van der Waals surface area contributed by atoms with Crippen LogP contribution >= 0.6 is 11.6 Å². The topological polar surface area (TPSA) is 12.0 Å². The van der Waals surface area contributed by atoms with Gasteiger partial charge in [-0.25, -0.2) is 0 Å². The van der Waals surface area contributed by atoms with Crippen molar-refractivity contribution in [2.75, 3.05) is 6.54 Å². The molecule has 2 rings (SSSR count). The van der Waals surface area contributed by atoms with Crippen LogP contribution in [0.5, 0.6) is 0 Å². The number of nitrogens with one attached hydrogen (secondary N) is 1. The van der Waals surface area contributed by atoms with E-state index in [9.17, 15) is 0 Å². The van der Waals surface area contributed by atoms with Crippen LogP contribution in [0, 0.1) is 11.8 Å². The van der Waals surface area contributed by atoms with E-state index in [4.69, 9.17) is 11.6 Å². The summed E-state index contributed by atoms with van der Waals surface area (Å²) < 4.78 is 0. The second kappa shape index (κ2) is 8.69. The molecule has 2 heteroatoms. The number of unbranched alkanes of at least 4 members (excludes halogenated alkanes) is 1. The fourth-order valence-corrected chi connectivity index (χ4v) is 3.37. The molecule has 1 aromatic rings. The van der Waals surface area contributed by atoms with Crippen molar-refractivity contribution < 1.29 is 0 Å². The second-order valence-electron chi connectivity index (χ2n) is 6.29. The van der Waals surface area contributed by atoms with Crippen LogP contribution in [0.25, 0.3) is 0 Å². The molecule has 0 spiro atoms. The Morgan fingerprint density at radius 3 is 2.35 bits per heavy atom. The molecule has 0 bridgehead atoms. The third-order valence-corrected chi connectivity index (χ3v) is 4.86.